The summed E-state index contributed by atoms with van der Waals surface area (Å²) in [7, 11) is 0. The van der Waals surface area contributed by atoms with E-state index in [2.05, 4.69) is 43.2 Å². The average molecular weight is 186 g/mol. The van der Waals surface area contributed by atoms with Gasteiger partial charge in [-0.2, -0.15) is 5.10 Å². The first-order valence-electron chi connectivity index (χ1n) is 4.91. The van der Waals surface area contributed by atoms with Crippen molar-refractivity contribution in [1.82, 2.24) is 9.78 Å². The van der Waals surface area contributed by atoms with Gasteiger partial charge in [0.2, 0.25) is 0 Å². The quantitative estimate of drug-likeness (QED) is 0.705. The first-order valence-corrected chi connectivity index (χ1v) is 4.91. The summed E-state index contributed by atoms with van der Waals surface area (Å²) in [5.74, 6) is 0. The van der Waals surface area contributed by atoms with Gasteiger partial charge in [0.15, 0.2) is 0 Å². The van der Waals surface area contributed by atoms with Crippen molar-refractivity contribution in [3.8, 4) is 5.69 Å². The van der Waals surface area contributed by atoms with Gasteiger partial charge in [0.25, 0.3) is 0 Å². The summed E-state index contributed by atoms with van der Waals surface area (Å²) >= 11 is 0. The fourth-order valence-corrected chi connectivity index (χ4v) is 1.51. The number of aromatic nitrogens is 2. The van der Waals surface area contributed by atoms with E-state index in [1.807, 2.05) is 16.9 Å². The van der Waals surface area contributed by atoms with E-state index in [-0.39, 0.29) is 0 Å². The summed E-state index contributed by atoms with van der Waals surface area (Å²) in [5, 5.41) is 4.26. The lowest BCUT2D eigenvalue weighted by molar-refractivity contribution is 0.846. The van der Waals surface area contributed by atoms with E-state index >= 15 is 0 Å². The molecule has 2 aromatic rings. The SMILES string of the molecule is CCc1ccc(-n2nccc2C)cc1. The van der Waals surface area contributed by atoms with Crippen LogP contribution >= 0.6 is 0 Å². The molecule has 1 heterocycles. The van der Waals surface area contributed by atoms with E-state index in [9.17, 15) is 0 Å². The van der Waals surface area contributed by atoms with Crippen molar-refractivity contribution >= 4 is 0 Å². The second-order valence-corrected chi connectivity index (χ2v) is 3.40. The number of nitrogens with zero attached hydrogens (tertiary/aromatic N) is 2. The topological polar surface area (TPSA) is 17.8 Å². The third-order valence-corrected chi connectivity index (χ3v) is 2.42. The van der Waals surface area contributed by atoms with E-state index in [0.717, 1.165) is 17.8 Å². The van der Waals surface area contributed by atoms with E-state index in [0.29, 0.717) is 0 Å². The molecule has 0 unspecified atom stereocenters. The highest BCUT2D eigenvalue weighted by atomic mass is 15.3. The molecule has 0 saturated carbocycles. The maximum Gasteiger partial charge on any atom is 0.0648 e. The Kier molecular flexibility index (Phi) is 2.35. The lowest BCUT2D eigenvalue weighted by atomic mass is 10.1. The summed E-state index contributed by atoms with van der Waals surface area (Å²) in [6.45, 7) is 4.22. The van der Waals surface area contributed by atoms with Gasteiger partial charge in [0.1, 0.15) is 0 Å². The number of rotatable bonds is 2. The van der Waals surface area contributed by atoms with Gasteiger partial charge in [-0.1, -0.05) is 19.1 Å². The Bertz CT molecular complexity index is 412. The van der Waals surface area contributed by atoms with Crippen LogP contribution < -0.4 is 0 Å². The smallest absolute Gasteiger partial charge is 0.0648 e. The fourth-order valence-electron chi connectivity index (χ4n) is 1.51. The standard InChI is InChI=1S/C12H14N2/c1-3-11-4-6-12(7-5-11)14-10(2)8-9-13-14/h4-9H,3H2,1-2H3. The normalized spacial score (nSPS) is 10.4. The van der Waals surface area contributed by atoms with Gasteiger partial charge in [0.05, 0.1) is 5.69 Å². The van der Waals surface area contributed by atoms with Crippen molar-refractivity contribution < 1.29 is 0 Å². The van der Waals surface area contributed by atoms with Crippen LogP contribution in [0, 0.1) is 6.92 Å². The van der Waals surface area contributed by atoms with E-state index in [4.69, 9.17) is 0 Å². The second-order valence-electron chi connectivity index (χ2n) is 3.40. The summed E-state index contributed by atoms with van der Waals surface area (Å²) in [6.07, 6.45) is 2.90. The van der Waals surface area contributed by atoms with Gasteiger partial charge < -0.3 is 0 Å². The molecule has 0 aliphatic heterocycles. The minimum absolute atomic E-state index is 1.08. The molecule has 1 aromatic heterocycles. The molecular weight excluding hydrogens is 172 g/mol. The molecule has 0 bridgehead atoms. The molecule has 14 heavy (non-hydrogen) atoms. The first kappa shape index (κ1) is 9.00. The molecule has 1 aromatic carbocycles. The molecule has 0 fully saturated rings. The Morgan fingerprint density at radius 3 is 2.36 bits per heavy atom. The van der Waals surface area contributed by atoms with Gasteiger partial charge >= 0.3 is 0 Å². The van der Waals surface area contributed by atoms with Crippen LogP contribution in [0.1, 0.15) is 18.2 Å². The number of hydrogen-bond donors (Lipinski definition) is 0. The first-order chi connectivity index (χ1) is 6.81. The molecule has 2 nitrogen and oxygen atoms in total. The molecule has 0 saturated heterocycles. The molecular formula is C12H14N2. The van der Waals surface area contributed by atoms with Gasteiger partial charge in [-0.05, 0) is 37.1 Å². The monoisotopic (exact) mass is 186 g/mol. The molecule has 72 valence electrons. The second kappa shape index (κ2) is 3.66. The maximum atomic E-state index is 4.26. The third-order valence-electron chi connectivity index (χ3n) is 2.42. The summed E-state index contributed by atoms with van der Waals surface area (Å²) in [6, 6.07) is 10.5. The van der Waals surface area contributed by atoms with Crippen LogP contribution in [0.5, 0.6) is 0 Å². The van der Waals surface area contributed by atoms with Crippen molar-refractivity contribution in [3.63, 3.8) is 0 Å². The van der Waals surface area contributed by atoms with Crippen molar-refractivity contribution in [1.29, 1.82) is 0 Å². The zero-order valence-corrected chi connectivity index (χ0v) is 8.57. The van der Waals surface area contributed by atoms with Crippen LogP contribution in [0.4, 0.5) is 0 Å². The zero-order chi connectivity index (χ0) is 9.97. The third kappa shape index (κ3) is 1.55. The van der Waals surface area contributed by atoms with Crippen LogP contribution in [0.15, 0.2) is 36.5 Å². The molecule has 2 rings (SSSR count). The average Bonchev–Trinajstić information content (AvgIpc) is 2.65. The van der Waals surface area contributed by atoms with Crippen molar-refractivity contribution in [2.75, 3.05) is 0 Å². The fraction of sp³-hybridized carbons (Fsp3) is 0.250. The Hall–Kier alpha value is -1.57. The van der Waals surface area contributed by atoms with E-state index < -0.39 is 0 Å². The number of hydrogen-bond acceptors (Lipinski definition) is 1. The molecule has 0 radical (unpaired) electrons. The van der Waals surface area contributed by atoms with Gasteiger partial charge in [-0.3, -0.25) is 0 Å². The Labute approximate surface area is 84.2 Å². The Balaban J connectivity index is 2.39. The van der Waals surface area contributed by atoms with Crippen LogP contribution in [0.3, 0.4) is 0 Å². The Morgan fingerprint density at radius 1 is 1.14 bits per heavy atom. The highest BCUT2D eigenvalue weighted by molar-refractivity contribution is 5.35. The number of benzene rings is 1. The largest absolute Gasteiger partial charge is 0.238 e. The minimum atomic E-state index is 1.08. The maximum absolute atomic E-state index is 4.26. The minimum Gasteiger partial charge on any atom is -0.238 e. The van der Waals surface area contributed by atoms with Gasteiger partial charge in [-0.15, -0.1) is 0 Å². The highest BCUT2D eigenvalue weighted by Crippen LogP contribution is 2.11. The van der Waals surface area contributed by atoms with Crippen molar-refractivity contribution in [2.45, 2.75) is 20.3 Å². The number of aryl methyl sites for hydroxylation is 2. The molecule has 0 N–H and O–H groups in total. The lowest BCUT2D eigenvalue weighted by Crippen LogP contribution is -1.98. The molecule has 0 aliphatic carbocycles. The highest BCUT2D eigenvalue weighted by Gasteiger charge is 1.99. The molecule has 2 heteroatoms. The lowest BCUT2D eigenvalue weighted by Gasteiger charge is -2.04. The predicted molar refractivity (Wildman–Crippen MR) is 57.7 cm³/mol. The molecule has 0 atom stereocenters. The van der Waals surface area contributed by atoms with Crippen molar-refractivity contribution in [2.24, 2.45) is 0 Å². The van der Waals surface area contributed by atoms with Crippen LogP contribution in [-0.2, 0) is 6.42 Å². The van der Waals surface area contributed by atoms with Crippen LogP contribution in [0.25, 0.3) is 5.69 Å². The molecule has 0 spiro atoms. The predicted octanol–water partition coefficient (Wildman–Crippen LogP) is 2.74. The van der Waals surface area contributed by atoms with E-state index in [1.165, 1.54) is 5.56 Å². The van der Waals surface area contributed by atoms with Gasteiger partial charge in [0, 0.05) is 11.9 Å². The van der Waals surface area contributed by atoms with Gasteiger partial charge in [-0.25, -0.2) is 4.68 Å². The Morgan fingerprint density at radius 2 is 1.86 bits per heavy atom. The summed E-state index contributed by atoms with van der Waals surface area (Å²) in [4.78, 5) is 0. The summed E-state index contributed by atoms with van der Waals surface area (Å²) < 4.78 is 1.94. The van der Waals surface area contributed by atoms with Crippen LogP contribution in [0.2, 0.25) is 0 Å². The summed E-state index contributed by atoms with van der Waals surface area (Å²) in [5.41, 5.74) is 3.65. The molecule has 0 aliphatic rings. The van der Waals surface area contributed by atoms with Crippen LogP contribution in [-0.4, -0.2) is 9.78 Å². The van der Waals surface area contributed by atoms with E-state index in [1.54, 1.807) is 0 Å². The van der Waals surface area contributed by atoms with Crippen molar-refractivity contribution in [3.05, 3.63) is 47.8 Å². The molecule has 0 amide bonds. The zero-order valence-electron chi connectivity index (χ0n) is 8.57.